The van der Waals surface area contributed by atoms with Crippen molar-refractivity contribution in [3.63, 3.8) is 0 Å². The van der Waals surface area contributed by atoms with Crippen molar-refractivity contribution in [2.45, 2.75) is 35.7 Å². The molecule has 3 aliphatic rings. The average molecular weight is 788 g/mol. The van der Waals surface area contributed by atoms with Gasteiger partial charge in [-0.1, -0.05) is 51.5 Å². The van der Waals surface area contributed by atoms with Gasteiger partial charge in [-0.15, -0.1) is 0 Å². The molecule has 270 valence electrons. The summed E-state index contributed by atoms with van der Waals surface area (Å²) in [6.45, 7) is 0.753. The number of hydrogen-bond acceptors (Lipinski definition) is 15. The summed E-state index contributed by atoms with van der Waals surface area (Å²) in [5, 5.41) is 34.3. The predicted molar refractivity (Wildman–Crippen MR) is 175 cm³/mol. The Morgan fingerprint density at radius 2 is 1.78 bits per heavy atom. The van der Waals surface area contributed by atoms with Crippen LogP contribution in [-0.4, -0.2) is 130 Å². The standard InChI is InChI=1S/C27H24Cl2N8O12S2/c1-26(2,23(45)46)49-34-13(12-16(29)50-25(30)32-12)17(40)31-14-19(42)35-8-27(24(47)48,51-22(14)35)36-5-6-37(21(44)20(36)43)33-18(41)15(39)10-4-3-9(38)7-11(10)28/h3-4,7,14,22,38H,5-6,8H2,1-2H3,(H2,30,32)(H,31,40)(H,33,41)(H,45,46)(H,47,48)/b34-13-/t14?,22-,27-/m1/s1. The van der Waals surface area contributed by atoms with Crippen molar-refractivity contribution in [1.29, 1.82) is 0 Å². The van der Waals surface area contributed by atoms with Crippen LogP contribution >= 0.6 is 46.3 Å². The first kappa shape index (κ1) is 37.1. The van der Waals surface area contributed by atoms with Crippen LogP contribution in [0.15, 0.2) is 23.4 Å². The molecule has 2 aromatic rings. The average Bonchev–Trinajstić information content (AvgIpc) is 3.59. The predicted octanol–water partition coefficient (Wildman–Crippen LogP) is -0.913. The Morgan fingerprint density at radius 1 is 1.10 bits per heavy atom. The van der Waals surface area contributed by atoms with Crippen LogP contribution in [0.5, 0.6) is 5.75 Å². The van der Waals surface area contributed by atoms with Gasteiger partial charge in [0.05, 0.1) is 18.1 Å². The number of halogens is 2. The maximum atomic E-state index is 13.4. The van der Waals surface area contributed by atoms with E-state index in [0.717, 1.165) is 48.3 Å². The van der Waals surface area contributed by atoms with Gasteiger partial charge in [-0.25, -0.2) is 19.6 Å². The van der Waals surface area contributed by atoms with Crippen molar-refractivity contribution in [2.75, 3.05) is 25.4 Å². The van der Waals surface area contributed by atoms with Gasteiger partial charge in [0.1, 0.15) is 27.2 Å². The maximum absolute atomic E-state index is 13.4. The van der Waals surface area contributed by atoms with Crippen molar-refractivity contribution in [3.8, 4) is 5.75 Å². The van der Waals surface area contributed by atoms with E-state index in [4.69, 9.17) is 33.8 Å². The molecule has 3 aliphatic heterocycles. The number of β-lactam (4-membered cyclic amide) rings is 1. The number of nitrogens with one attached hydrogen (secondary N) is 2. The van der Waals surface area contributed by atoms with Gasteiger partial charge in [0, 0.05) is 12.1 Å². The first-order valence-electron chi connectivity index (χ1n) is 14.2. The minimum absolute atomic E-state index is 0.0799. The van der Waals surface area contributed by atoms with E-state index in [1.54, 1.807) is 0 Å². The third-order valence-corrected chi connectivity index (χ3v) is 10.8. The maximum Gasteiger partial charge on any atom is 0.350 e. The number of rotatable bonds is 11. The molecule has 20 nitrogen and oxygen atoms in total. The van der Waals surface area contributed by atoms with Crippen LogP contribution in [0.3, 0.4) is 0 Å². The lowest BCUT2D eigenvalue weighted by molar-refractivity contribution is -0.167. The molecule has 1 unspecified atom stereocenters. The van der Waals surface area contributed by atoms with Crippen LogP contribution in [-0.2, 0) is 38.4 Å². The molecule has 1 aromatic carbocycles. The number of phenolic OH excluding ortho intramolecular Hbond substituents is 1. The summed E-state index contributed by atoms with van der Waals surface area (Å²) in [6, 6.07) is 1.79. The Kier molecular flexibility index (Phi) is 9.82. The second kappa shape index (κ2) is 13.5. The summed E-state index contributed by atoms with van der Waals surface area (Å²) in [5.74, 6) is -10.5. The quantitative estimate of drug-likeness (QED) is 0.0528. The Balaban J connectivity index is 1.31. The number of hydrazine groups is 1. The molecule has 0 bridgehead atoms. The Morgan fingerprint density at radius 3 is 2.37 bits per heavy atom. The number of thioether (sulfide) groups is 1. The highest BCUT2D eigenvalue weighted by atomic mass is 35.5. The number of fused-ring (bicyclic) bond motifs is 1. The summed E-state index contributed by atoms with van der Waals surface area (Å²) < 4.78 is -0.119. The molecule has 51 heavy (non-hydrogen) atoms. The lowest BCUT2D eigenvalue weighted by atomic mass is 10.0. The molecule has 4 heterocycles. The number of ketones is 1. The number of thiazole rings is 1. The smallest absolute Gasteiger partial charge is 0.350 e. The number of carbonyl (C=O) groups excluding carboxylic acids is 6. The first-order valence-corrected chi connectivity index (χ1v) is 16.7. The van der Waals surface area contributed by atoms with Gasteiger partial charge in [0.15, 0.2) is 10.8 Å². The number of nitrogens with two attached hydrogens (primary N) is 1. The highest BCUT2D eigenvalue weighted by Crippen LogP contribution is 2.49. The molecule has 0 radical (unpaired) electrons. The van der Waals surface area contributed by atoms with Crippen molar-refractivity contribution >= 4 is 104 Å². The third kappa shape index (κ3) is 6.69. The normalized spacial score (nSPS) is 21.9. The van der Waals surface area contributed by atoms with Gasteiger partial charge in [-0.2, -0.15) is 0 Å². The number of amides is 5. The number of Topliss-reactive ketones (excluding diaryl/α,β-unsaturated/α-hetero) is 1. The number of carboxylic acids is 2. The Labute approximate surface area is 303 Å². The van der Waals surface area contributed by atoms with Crippen LogP contribution in [0.4, 0.5) is 5.13 Å². The number of anilines is 1. The number of piperazine rings is 1. The molecule has 0 aliphatic carbocycles. The van der Waals surface area contributed by atoms with Gasteiger partial charge < -0.3 is 41.0 Å². The molecule has 0 saturated carbocycles. The summed E-state index contributed by atoms with van der Waals surface area (Å²) in [7, 11) is 0. The number of aliphatic carboxylic acids is 2. The second-order valence-corrected chi connectivity index (χ2v) is 14.8. The number of nitrogen functional groups attached to an aromatic ring is 1. The highest BCUT2D eigenvalue weighted by Gasteiger charge is 2.66. The zero-order valence-electron chi connectivity index (χ0n) is 25.9. The highest BCUT2D eigenvalue weighted by molar-refractivity contribution is 8.02. The third-order valence-electron chi connectivity index (χ3n) is 7.68. The van der Waals surface area contributed by atoms with Crippen LogP contribution in [0.25, 0.3) is 0 Å². The van der Waals surface area contributed by atoms with Crippen molar-refractivity contribution < 1.29 is 58.5 Å². The Bertz CT molecular complexity index is 1960. The number of oxime groups is 1. The molecule has 3 atom stereocenters. The fraction of sp³-hybridized carbons (Fsp3) is 0.333. The SMILES string of the molecule is CC(C)(O/N=C(\C(=O)NC1C(=O)N2C[C@@](C(=O)O)(N3CCN(NC(=O)C(=O)c4ccc(O)cc4Cl)C(=O)C3=O)S[C@H]12)c1nc(N)sc1Cl)C(=O)O. The minimum Gasteiger partial charge on any atom is -0.508 e. The van der Waals surface area contributed by atoms with Crippen LogP contribution in [0, 0.1) is 0 Å². The summed E-state index contributed by atoms with van der Waals surface area (Å²) in [5.41, 5.74) is 4.52. The van der Waals surface area contributed by atoms with E-state index in [2.05, 4.69) is 15.5 Å². The molecular weight excluding hydrogens is 763 g/mol. The summed E-state index contributed by atoms with van der Waals surface area (Å²) in [4.78, 5) is 111. The molecule has 5 amide bonds. The van der Waals surface area contributed by atoms with E-state index in [-0.39, 0.29) is 31.5 Å². The number of nitrogens with zero attached hydrogens (tertiary/aromatic N) is 5. The van der Waals surface area contributed by atoms with E-state index in [1.807, 2.05) is 5.43 Å². The van der Waals surface area contributed by atoms with Crippen molar-refractivity contribution in [2.24, 2.45) is 5.16 Å². The van der Waals surface area contributed by atoms with E-state index < -0.39 is 94.5 Å². The molecule has 1 aromatic heterocycles. The van der Waals surface area contributed by atoms with E-state index in [9.17, 15) is 53.7 Å². The lowest BCUT2D eigenvalue weighted by Gasteiger charge is -2.41. The fourth-order valence-electron chi connectivity index (χ4n) is 4.94. The molecule has 3 fully saturated rings. The number of benzene rings is 1. The second-order valence-electron chi connectivity index (χ2n) is 11.4. The Hall–Kier alpha value is -5.19. The molecule has 0 spiro atoms. The number of carboxylic acid groups (broad SMARTS) is 2. The molecule has 24 heteroatoms. The van der Waals surface area contributed by atoms with E-state index >= 15 is 0 Å². The van der Waals surface area contributed by atoms with Crippen molar-refractivity contribution in [1.82, 2.24) is 30.5 Å². The van der Waals surface area contributed by atoms with Crippen LogP contribution in [0.2, 0.25) is 9.36 Å². The van der Waals surface area contributed by atoms with Gasteiger partial charge in [0.2, 0.25) is 16.4 Å². The van der Waals surface area contributed by atoms with E-state index in [1.165, 1.54) is 0 Å². The number of aromatic nitrogens is 1. The van der Waals surface area contributed by atoms with E-state index in [0.29, 0.717) is 21.7 Å². The molecule has 5 rings (SSSR count). The minimum atomic E-state index is -2.23. The van der Waals surface area contributed by atoms with Gasteiger partial charge >= 0.3 is 29.7 Å². The zero-order chi connectivity index (χ0) is 37.7. The fourth-order valence-corrected chi connectivity index (χ4v) is 7.77. The van der Waals surface area contributed by atoms with Crippen molar-refractivity contribution in [3.05, 3.63) is 38.8 Å². The number of phenols is 1. The molecule has 3 saturated heterocycles. The van der Waals surface area contributed by atoms with Gasteiger partial charge in [-0.3, -0.25) is 34.2 Å². The number of hydrogen-bond donors (Lipinski definition) is 6. The largest absolute Gasteiger partial charge is 0.508 e. The first-order chi connectivity index (χ1) is 23.8. The van der Waals surface area contributed by atoms with Gasteiger partial charge in [0.25, 0.3) is 11.7 Å². The monoisotopic (exact) mass is 786 g/mol. The zero-order valence-corrected chi connectivity index (χ0v) is 29.1. The molecular formula is C27H24Cl2N8O12S2. The number of aromatic hydroxyl groups is 1. The summed E-state index contributed by atoms with van der Waals surface area (Å²) >= 11 is 13.4. The summed E-state index contributed by atoms with van der Waals surface area (Å²) in [6.07, 6.45) is 0. The molecule has 7 N–H and O–H groups in total. The number of carbonyl (C=O) groups is 8. The van der Waals surface area contributed by atoms with Gasteiger partial charge in [-0.05, 0) is 32.0 Å². The van der Waals surface area contributed by atoms with Crippen LogP contribution < -0.4 is 16.5 Å². The lowest BCUT2D eigenvalue weighted by Crippen LogP contribution is -2.69. The topological polar surface area (TPSA) is 292 Å². The van der Waals surface area contributed by atoms with Crippen LogP contribution in [0.1, 0.15) is 29.9 Å².